The first-order valence-electron chi connectivity index (χ1n) is 6.45. The van der Waals surface area contributed by atoms with Gasteiger partial charge >= 0.3 is 0 Å². The Morgan fingerprint density at radius 1 is 1.50 bits per heavy atom. The van der Waals surface area contributed by atoms with E-state index in [4.69, 9.17) is 10.5 Å². The van der Waals surface area contributed by atoms with E-state index in [1.165, 1.54) is 6.07 Å². The Hall–Kier alpha value is -1.35. The number of ether oxygens (including phenoxy) is 1. The SMILES string of the molecule is C=CCCCOc1c(F)cccc1CC(N)CC. The van der Waals surface area contributed by atoms with Crippen LogP contribution in [-0.4, -0.2) is 12.6 Å². The van der Waals surface area contributed by atoms with Gasteiger partial charge in [-0.3, -0.25) is 0 Å². The van der Waals surface area contributed by atoms with Crippen molar-refractivity contribution in [3.63, 3.8) is 0 Å². The summed E-state index contributed by atoms with van der Waals surface area (Å²) in [6.07, 6.45) is 5.06. The molecule has 0 radical (unpaired) electrons. The topological polar surface area (TPSA) is 35.2 Å². The average molecular weight is 251 g/mol. The van der Waals surface area contributed by atoms with Crippen LogP contribution in [-0.2, 0) is 6.42 Å². The summed E-state index contributed by atoms with van der Waals surface area (Å²) >= 11 is 0. The van der Waals surface area contributed by atoms with Gasteiger partial charge in [-0.1, -0.05) is 25.1 Å². The van der Waals surface area contributed by atoms with Gasteiger partial charge in [0.15, 0.2) is 11.6 Å². The highest BCUT2D eigenvalue weighted by atomic mass is 19.1. The molecule has 1 aromatic carbocycles. The summed E-state index contributed by atoms with van der Waals surface area (Å²) in [5.41, 5.74) is 6.76. The molecule has 0 fully saturated rings. The van der Waals surface area contributed by atoms with E-state index >= 15 is 0 Å². The molecule has 1 rings (SSSR count). The molecule has 2 N–H and O–H groups in total. The lowest BCUT2D eigenvalue weighted by Crippen LogP contribution is -2.22. The number of allylic oxidation sites excluding steroid dienone is 1. The molecule has 0 aromatic heterocycles. The molecular formula is C15H22FNO. The largest absolute Gasteiger partial charge is 0.490 e. The third-order valence-corrected chi connectivity index (χ3v) is 2.85. The van der Waals surface area contributed by atoms with Gasteiger partial charge in [0, 0.05) is 6.04 Å². The van der Waals surface area contributed by atoms with Crippen molar-refractivity contribution in [3.8, 4) is 5.75 Å². The molecule has 0 aliphatic rings. The predicted octanol–water partition coefficient (Wildman–Crippen LogP) is 3.45. The van der Waals surface area contributed by atoms with Gasteiger partial charge in [-0.05, 0) is 37.3 Å². The number of para-hydroxylation sites is 1. The van der Waals surface area contributed by atoms with Gasteiger partial charge in [0.2, 0.25) is 0 Å². The predicted molar refractivity (Wildman–Crippen MR) is 73.3 cm³/mol. The van der Waals surface area contributed by atoms with E-state index in [1.807, 2.05) is 19.1 Å². The van der Waals surface area contributed by atoms with Crippen molar-refractivity contribution >= 4 is 0 Å². The molecule has 0 saturated carbocycles. The van der Waals surface area contributed by atoms with E-state index in [9.17, 15) is 4.39 Å². The number of nitrogens with two attached hydrogens (primary N) is 1. The van der Waals surface area contributed by atoms with Crippen molar-refractivity contribution in [2.75, 3.05) is 6.61 Å². The van der Waals surface area contributed by atoms with Gasteiger partial charge in [0.1, 0.15) is 0 Å². The second-order valence-corrected chi connectivity index (χ2v) is 4.38. The maximum Gasteiger partial charge on any atom is 0.165 e. The van der Waals surface area contributed by atoms with Gasteiger partial charge in [-0.15, -0.1) is 6.58 Å². The molecule has 18 heavy (non-hydrogen) atoms. The van der Waals surface area contributed by atoms with Crippen LogP contribution in [0.3, 0.4) is 0 Å². The van der Waals surface area contributed by atoms with Crippen LogP contribution in [0, 0.1) is 5.82 Å². The lowest BCUT2D eigenvalue weighted by Gasteiger charge is -2.14. The second-order valence-electron chi connectivity index (χ2n) is 4.38. The third-order valence-electron chi connectivity index (χ3n) is 2.85. The summed E-state index contributed by atoms with van der Waals surface area (Å²) in [5, 5.41) is 0. The second kappa shape index (κ2) is 7.88. The highest BCUT2D eigenvalue weighted by molar-refractivity contribution is 5.35. The first-order chi connectivity index (χ1) is 8.69. The standard InChI is InChI=1S/C15H22FNO/c1-3-5-6-10-18-15-12(11-13(17)4-2)8-7-9-14(15)16/h3,7-9,13H,1,4-6,10-11,17H2,2H3. The molecule has 0 spiro atoms. The molecule has 0 aliphatic heterocycles. The fourth-order valence-electron chi connectivity index (χ4n) is 1.70. The minimum atomic E-state index is -0.311. The number of unbranched alkanes of at least 4 members (excludes halogenated alkanes) is 1. The van der Waals surface area contributed by atoms with E-state index in [2.05, 4.69) is 6.58 Å². The first kappa shape index (κ1) is 14.7. The summed E-state index contributed by atoms with van der Waals surface area (Å²) in [6, 6.07) is 5.04. The van der Waals surface area contributed by atoms with Crippen LogP contribution in [0.5, 0.6) is 5.75 Å². The summed E-state index contributed by atoms with van der Waals surface area (Å²) in [7, 11) is 0. The van der Waals surface area contributed by atoms with Gasteiger partial charge < -0.3 is 10.5 Å². The lowest BCUT2D eigenvalue weighted by molar-refractivity contribution is 0.292. The van der Waals surface area contributed by atoms with Crippen LogP contribution in [0.2, 0.25) is 0 Å². The molecule has 0 amide bonds. The zero-order valence-corrected chi connectivity index (χ0v) is 11.0. The minimum absolute atomic E-state index is 0.0438. The van der Waals surface area contributed by atoms with Gasteiger partial charge in [0.05, 0.1) is 6.61 Å². The van der Waals surface area contributed by atoms with E-state index < -0.39 is 0 Å². The Balaban J connectivity index is 2.70. The quantitative estimate of drug-likeness (QED) is 0.567. The summed E-state index contributed by atoms with van der Waals surface area (Å²) in [6.45, 7) is 6.17. The van der Waals surface area contributed by atoms with Crippen molar-refractivity contribution in [1.82, 2.24) is 0 Å². The van der Waals surface area contributed by atoms with Crippen LogP contribution in [0.4, 0.5) is 4.39 Å². The Kier molecular flexibility index (Phi) is 6.44. The molecule has 1 unspecified atom stereocenters. The first-order valence-corrected chi connectivity index (χ1v) is 6.45. The fourth-order valence-corrected chi connectivity index (χ4v) is 1.70. The average Bonchev–Trinajstić information content (AvgIpc) is 2.37. The van der Waals surface area contributed by atoms with Crippen LogP contribution in [0.15, 0.2) is 30.9 Å². The van der Waals surface area contributed by atoms with Gasteiger partial charge in [-0.2, -0.15) is 0 Å². The maximum atomic E-state index is 13.7. The third kappa shape index (κ3) is 4.49. The number of hydrogen-bond donors (Lipinski definition) is 1. The monoisotopic (exact) mass is 251 g/mol. The highest BCUT2D eigenvalue weighted by Gasteiger charge is 2.12. The summed E-state index contributed by atoms with van der Waals surface area (Å²) in [5.74, 6) is 0.0415. The van der Waals surface area contributed by atoms with E-state index in [-0.39, 0.29) is 11.9 Å². The lowest BCUT2D eigenvalue weighted by atomic mass is 10.0. The van der Waals surface area contributed by atoms with Crippen molar-refractivity contribution in [1.29, 1.82) is 0 Å². The van der Waals surface area contributed by atoms with Crippen LogP contribution in [0.1, 0.15) is 31.7 Å². The molecule has 2 nitrogen and oxygen atoms in total. The fraction of sp³-hybridized carbons (Fsp3) is 0.467. The van der Waals surface area contributed by atoms with Gasteiger partial charge in [0.25, 0.3) is 0 Å². The Labute approximate surface area is 109 Å². The number of hydrogen-bond acceptors (Lipinski definition) is 2. The molecule has 0 aliphatic carbocycles. The van der Waals surface area contributed by atoms with E-state index in [0.29, 0.717) is 18.8 Å². The Bertz CT molecular complexity index is 379. The number of rotatable bonds is 8. The van der Waals surface area contributed by atoms with Crippen molar-refractivity contribution in [2.45, 2.75) is 38.6 Å². The molecule has 0 heterocycles. The van der Waals surface area contributed by atoms with Crippen LogP contribution in [0.25, 0.3) is 0 Å². The molecule has 1 atom stereocenters. The van der Waals surface area contributed by atoms with E-state index in [0.717, 1.165) is 24.8 Å². The highest BCUT2D eigenvalue weighted by Crippen LogP contribution is 2.24. The van der Waals surface area contributed by atoms with Crippen molar-refractivity contribution in [2.24, 2.45) is 5.73 Å². The molecule has 0 bridgehead atoms. The molecule has 0 saturated heterocycles. The molecule has 3 heteroatoms. The van der Waals surface area contributed by atoms with E-state index in [1.54, 1.807) is 6.07 Å². The minimum Gasteiger partial charge on any atom is -0.490 e. The van der Waals surface area contributed by atoms with Gasteiger partial charge in [-0.25, -0.2) is 4.39 Å². The normalized spacial score (nSPS) is 12.2. The van der Waals surface area contributed by atoms with Crippen LogP contribution >= 0.6 is 0 Å². The number of halogens is 1. The number of benzene rings is 1. The Morgan fingerprint density at radius 2 is 2.28 bits per heavy atom. The molecular weight excluding hydrogens is 229 g/mol. The molecule has 1 aromatic rings. The zero-order chi connectivity index (χ0) is 13.4. The van der Waals surface area contributed by atoms with Crippen LogP contribution < -0.4 is 10.5 Å². The smallest absolute Gasteiger partial charge is 0.165 e. The maximum absolute atomic E-state index is 13.7. The van der Waals surface area contributed by atoms with Crippen molar-refractivity contribution in [3.05, 3.63) is 42.2 Å². The summed E-state index contributed by atoms with van der Waals surface area (Å²) < 4.78 is 19.3. The zero-order valence-electron chi connectivity index (χ0n) is 11.0. The molecule has 100 valence electrons. The summed E-state index contributed by atoms with van der Waals surface area (Å²) in [4.78, 5) is 0. The Morgan fingerprint density at radius 3 is 2.94 bits per heavy atom. The van der Waals surface area contributed by atoms with Crippen molar-refractivity contribution < 1.29 is 9.13 Å².